The summed E-state index contributed by atoms with van der Waals surface area (Å²) >= 11 is 0. The molecule has 5 rings (SSSR count). The van der Waals surface area contributed by atoms with Crippen molar-refractivity contribution in [1.29, 1.82) is 0 Å². The number of hydrogen-bond donors (Lipinski definition) is 2. The molecule has 3 atom stereocenters. The van der Waals surface area contributed by atoms with Crippen LogP contribution in [0.5, 0.6) is 0 Å². The SMILES string of the molecule is CCC(C)C(C(=O)Nc1cccc2c1CC(C)(OC(=O)O)C2)c1ccc(CN2N=C(c3ccccc3)OCC2=O)cc1. The summed E-state index contributed by atoms with van der Waals surface area (Å²) in [5.41, 5.74) is 4.24. The number of nitrogens with one attached hydrogen (secondary N) is 1. The summed E-state index contributed by atoms with van der Waals surface area (Å²) in [7, 11) is 0. The molecule has 0 aromatic heterocycles. The van der Waals surface area contributed by atoms with Gasteiger partial charge in [-0.2, -0.15) is 0 Å². The van der Waals surface area contributed by atoms with E-state index < -0.39 is 17.7 Å². The van der Waals surface area contributed by atoms with Crippen molar-refractivity contribution < 1.29 is 29.0 Å². The van der Waals surface area contributed by atoms with Gasteiger partial charge in [0.1, 0.15) is 5.60 Å². The molecule has 1 aliphatic heterocycles. The molecule has 1 heterocycles. The zero-order valence-electron chi connectivity index (χ0n) is 24.0. The quantitative estimate of drug-likeness (QED) is 0.318. The van der Waals surface area contributed by atoms with Gasteiger partial charge in [-0.1, -0.05) is 74.9 Å². The Balaban J connectivity index is 1.32. The van der Waals surface area contributed by atoms with Crippen molar-refractivity contribution in [3.63, 3.8) is 0 Å². The lowest BCUT2D eigenvalue weighted by molar-refractivity contribution is -0.136. The summed E-state index contributed by atoms with van der Waals surface area (Å²) in [4.78, 5) is 37.5. The van der Waals surface area contributed by atoms with Crippen LogP contribution in [0.4, 0.5) is 10.5 Å². The molecule has 9 heteroatoms. The molecule has 0 saturated carbocycles. The number of hydrogen-bond acceptors (Lipinski definition) is 6. The second-order valence-corrected chi connectivity index (χ2v) is 11.2. The monoisotopic (exact) mass is 569 g/mol. The summed E-state index contributed by atoms with van der Waals surface area (Å²) < 4.78 is 10.7. The van der Waals surface area contributed by atoms with Crippen molar-refractivity contribution in [2.24, 2.45) is 11.0 Å². The lowest BCUT2D eigenvalue weighted by Gasteiger charge is -2.25. The van der Waals surface area contributed by atoms with Gasteiger partial charge in [0.2, 0.25) is 11.8 Å². The highest BCUT2D eigenvalue weighted by atomic mass is 16.7. The van der Waals surface area contributed by atoms with Crippen LogP contribution < -0.4 is 5.32 Å². The normalized spacial score (nSPS) is 19.3. The zero-order valence-corrected chi connectivity index (χ0v) is 24.0. The molecule has 42 heavy (non-hydrogen) atoms. The molecule has 0 fully saturated rings. The van der Waals surface area contributed by atoms with E-state index in [2.05, 4.69) is 24.3 Å². The maximum Gasteiger partial charge on any atom is 0.506 e. The van der Waals surface area contributed by atoms with E-state index in [0.717, 1.165) is 34.2 Å². The summed E-state index contributed by atoms with van der Waals surface area (Å²) in [5, 5.41) is 18.2. The third-order valence-corrected chi connectivity index (χ3v) is 8.00. The Bertz CT molecular complexity index is 1500. The first-order valence-electron chi connectivity index (χ1n) is 14.2. The number of carboxylic acid groups (broad SMARTS) is 1. The Morgan fingerprint density at radius 3 is 2.50 bits per heavy atom. The van der Waals surface area contributed by atoms with E-state index in [0.29, 0.717) is 24.4 Å². The van der Waals surface area contributed by atoms with Gasteiger partial charge in [-0.25, -0.2) is 9.80 Å². The van der Waals surface area contributed by atoms with Gasteiger partial charge in [-0.05, 0) is 53.3 Å². The van der Waals surface area contributed by atoms with Gasteiger partial charge in [0.15, 0.2) is 6.61 Å². The summed E-state index contributed by atoms with van der Waals surface area (Å²) in [5.74, 6) is -0.292. The number of nitrogens with zero attached hydrogens (tertiary/aromatic N) is 2. The van der Waals surface area contributed by atoms with Gasteiger partial charge < -0.3 is 19.9 Å². The third kappa shape index (κ3) is 6.30. The Kier molecular flexibility index (Phi) is 8.29. The smallest absolute Gasteiger partial charge is 0.466 e. The molecule has 2 N–H and O–H groups in total. The van der Waals surface area contributed by atoms with Crippen LogP contribution in [0.15, 0.2) is 77.9 Å². The van der Waals surface area contributed by atoms with Crippen LogP contribution in [0.1, 0.15) is 60.9 Å². The average molecular weight is 570 g/mol. The average Bonchev–Trinajstić information content (AvgIpc) is 3.31. The van der Waals surface area contributed by atoms with Crippen molar-refractivity contribution in [3.05, 3.63) is 101 Å². The van der Waals surface area contributed by atoms with Gasteiger partial charge in [0, 0.05) is 24.1 Å². The first-order chi connectivity index (χ1) is 20.2. The fourth-order valence-corrected chi connectivity index (χ4v) is 5.68. The van der Waals surface area contributed by atoms with Gasteiger partial charge in [0.25, 0.3) is 5.91 Å². The number of ether oxygens (including phenoxy) is 2. The standard InChI is InChI=1S/C33H35N3O6/c1-4-21(2)29(30(38)34-27-12-8-11-25-17-33(3,18-26(25)27)42-32(39)40)23-15-13-22(14-16-23)19-36-28(37)20-41-31(35-36)24-9-6-5-7-10-24/h5-16,21,29H,4,17-20H2,1-3H3,(H,34,38)(H,39,40). The molecule has 218 valence electrons. The van der Waals surface area contributed by atoms with Crippen molar-refractivity contribution in [2.45, 2.75) is 58.1 Å². The van der Waals surface area contributed by atoms with E-state index in [-0.39, 0.29) is 30.9 Å². The molecule has 3 aromatic rings. The minimum atomic E-state index is -1.31. The van der Waals surface area contributed by atoms with Gasteiger partial charge in [0.05, 0.1) is 12.5 Å². The van der Waals surface area contributed by atoms with Crippen LogP contribution in [0.2, 0.25) is 0 Å². The molecule has 0 radical (unpaired) electrons. The molecule has 2 amide bonds. The molecule has 1 aliphatic carbocycles. The summed E-state index contributed by atoms with van der Waals surface area (Å²) in [6.07, 6.45) is 0.341. The van der Waals surface area contributed by atoms with Crippen molar-refractivity contribution in [1.82, 2.24) is 5.01 Å². The van der Waals surface area contributed by atoms with Crippen LogP contribution >= 0.6 is 0 Å². The van der Waals surface area contributed by atoms with Crippen molar-refractivity contribution >= 4 is 29.6 Å². The largest absolute Gasteiger partial charge is 0.506 e. The van der Waals surface area contributed by atoms with Crippen molar-refractivity contribution in [3.8, 4) is 0 Å². The first kappa shape index (κ1) is 28.9. The molecular formula is C33H35N3O6. The number of carbonyl (C=O) groups is 3. The molecule has 0 spiro atoms. The van der Waals surface area contributed by atoms with Gasteiger partial charge >= 0.3 is 6.16 Å². The maximum absolute atomic E-state index is 13.7. The summed E-state index contributed by atoms with van der Waals surface area (Å²) in [6.45, 7) is 6.09. The Labute approximate surface area is 245 Å². The Morgan fingerprint density at radius 2 is 1.81 bits per heavy atom. The summed E-state index contributed by atoms with van der Waals surface area (Å²) in [6, 6.07) is 22.8. The van der Waals surface area contributed by atoms with E-state index in [1.807, 2.05) is 72.8 Å². The Hall–Kier alpha value is -4.66. The molecule has 9 nitrogen and oxygen atoms in total. The topological polar surface area (TPSA) is 118 Å². The number of fused-ring (bicyclic) bond motifs is 1. The second-order valence-electron chi connectivity index (χ2n) is 11.2. The minimum Gasteiger partial charge on any atom is -0.466 e. The van der Waals surface area contributed by atoms with Crippen LogP contribution in [-0.2, 0) is 38.4 Å². The van der Waals surface area contributed by atoms with Crippen LogP contribution in [0.3, 0.4) is 0 Å². The van der Waals surface area contributed by atoms with Crippen LogP contribution in [0.25, 0.3) is 0 Å². The van der Waals surface area contributed by atoms with Crippen LogP contribution in [-0.4, -0.2) is 46.2 Å². The molecule has 2 aliphatic rings. The number of anilines is 1. The second kappa shape index (κ2) is 12.1. The van der Waals surface area contributed by atoms with E-state index in [1.165, 1.54) is 5.01 Å². The number of amides is 2. The molecule has 0 saturated heterocycles. The number of carbonyl (C=O) groups excluding carboxylic acids is 2. The predicted octanol–water partition coefficient (Wildman–Crippen LogP) is 5.73. The third-order valence-electron chi connectivity index (χ3n) is 8.00. The Morgan fingerprint density at radius 1 is 1.07 bits per heavy atom. The highest BCUT2D eigenvalue weighted by Crippen LogP contribution is 2.38. The lowest BCUT2D eigenvalue weighted by Crippen LogP contribution is -2.36. The van der Waals surface area contributed by atoms with Crippen LogP contribution in [0, 0.1) is 5.92 Å². The highest BCUT2D eigenvalue weighted by Gasteiger charge is 2.38. The lowest BCUT2D eigenvalue weighted by atomic mass is 9.84. The van der Waals surface area contributed by atoms with Gasteiger partial charge in [-0.3, -0.25) is 9.59 Å². The minimum absolute atomic E-state index is 0.0621. The number of hydrazone groups is 1. The molecule has 3 aromatic carbocycles. The van der Waals surface area contributed by atoms with E-state index >= 15 is 0 Å². The molecular weight excluding hydrogens is 534 g/mol. The molecule has 0 bridgehead atoms. The zero-order chi connectivity index (χ0) is 29.9. The number of benzene rings is 3. The van der Waals surface area contributed by atoms with Gasteiger partial charge in [-0.15, -0.1) is 5.10 Å². The van der Waals surface area contributed by atoms with E-state index in [9.17, 15) is 19.5 Å². The predicted molar refractivity (Wildman–Crippen MR) is 158 cm³/mol. The van der Waals surface area contributed by atoms with Crippen molar-refractivity contribution in [2.75, 3.05) is 11.9 Å². The highest BCUT2D eigenvalue weighted by molar-refractivity contribution is 5.98. The molecule has 3 unspecified atom stereocenters. The maximum atomic E-state index is 13.7. The van der Waals surface area contributed by atoms with E-state index in [4.69, 9.17) is 9.47 Å². The number of rotatable bonds is 9. The fourth-order valence-electron chi connectivity index (χ4n) is 5.68. The first-order valence-corrected chi connectivity index (χ1v) is 14.2. The van der Waals surface area contributed by atoms with E-state index in [1.54, 1.807) is 6.92 Å². The fraction of sp³-hybridized carbons (Fsp3) is 0.333.